The maximum Gasteiger partial charge on any atom is 0.254 e. The summed E-state index contributed by atoms with van der Waals surface area (Å²) in [6.07, 6.45) is 7.72. The van der Waals surface area contributed by atoms with Crippen molar-refractivity contribution in [2.45, 2.75) is 13.5 Å². The number of halogens is 1. The number of pyridine rings is 1. The van der Waals surface area contributed by atoms with Crippen molar-refractivity contribution in [1.29, 1.82) is 10.8 Å². The van der Waals surface area contributed by atoms with Gasteiger partial charge in [0, 0.05) is 43.4 Å². The molecule has 34 heavy (non-hydrogen) atoms. The highest BCUT2D eigenvalue weighted by Crippen LogP contribution is 2.21. The van der Waals surface area contributed by atoms with Crippen LogP contribution >= 0.6 is 0 Å². The molecule has 0 aliphatic carbocycles. The standard InChI is InChI=1S/C25H26FN7O/c1-16-5-3-8-24(32-16)33-21(13-23(28)31-15-17-6-4-7-19(26)11-17)18-9-10-30-22(12-18)20(14-27)25(34)29-2/h3-14,27,30H,15H2,1-2H3,(H2,28,31)(H,29,34)(H,32,33)/b21-13-,22-20+,27-14?. The summed E-state index contributed by atoms with van der Waals surface area (Å²) in [6.45, 7) is 2.15. The minimum Gasteiger partial charge on any atom is -0.366 e. The first-order valence-electron chi connectivity index (χ1n) is 10.5. The molecule has 0 bridgehead atoms. The van der Waals surface area contributed by atoms with Gasteiger partial charge in [-0.05, 0) is 48.9 Å². The zero-order valence-corrected chi connectivity index (χ0v) is 18.9. The van der Waals surface area contributed by atoms with E-state index in [1.807, 2.05) is 19.1 Å². The van der Waals surface area contributed by atoms with Gasteiger partial charge in [-0.25, -0.2) is 9.37 Å². The highest BCUT2D eigenvalue weighted by Gasteiger charge is 2.15. The summed E-state index contributed by atoms with van der Waals surface area (Å²) >= 11 is 0. The number of dihydropyridines is 1. The number of anilines is 1. The highest BCUT2D eigenvalue weighted by molar-refractivity contribution is 6.12. The van der Waals surface area contributed by atoms with E-state index in [-0.39, 0.29) is 23.8 Å². The Morgan fingerprint density at radius 3 is 2.74 bits per heavy atom. The number of nitrogens with zero attached hydrogens (tertiary/aromatic N) is 1. The Kier molecular flexibility index (Phi) is 8.07. The molecule has 0 saturated carbocycles. The number of amidine groups is 1. The van der Waals surface area contributed by atoms with Gasteiger partial charge in [-0.2, -0.15) is 0 Å². The van der Waals surface area contributed by atoms with Crippen molar-refractivity contribution in [3.05, 3.63) is 107 Å². The van der Waals surface area contributed by atoms with Crippen LogP contribution in [0.25, 0.3) is 0 Å². The molecule has 2 aromatic rings. The lowest BCUT2D eigenvalue weighted by Crippen LogP contribution is -2.25. The van der Waals surface area contributed by atoms with Crippen LogP contribution in [0.5, 0.6) is 0 Å². The number of hydrogen-bond acceptors (Lipinski definition) is 6. The van der Waals surface area contributed by atoms with E-state index >= 15 is 0 Å². The van der Waals surface area contributed by atoms with E-state index in [1.165, 1.54) is 19.2 Å². The molecule has 0 spiro atoms. The molecule has 0 radical (unpaired) electrons. The highest BCUT2D eigenvalue weighted by atomic mass is 19.1. The van der Waals surface area contributed by atoms with Gasteiger partial charge in [0.1, 0.15) is 17.5 Å². The molecule has 3 rings (SSSR count). The second-order valence-corrected chi connectivity index (χ2v) is 7.37. The molecule has 0 atom stereocenters. The summed E-state index contributed by atoms with van der Waals surface area (Å²) < 4.78 is 13.5. The van der Waals surface area contributed by atoms with Crippen LogP contribution in [0, 0.1) is 23.6 Å². The fraction of sp³-hybridized carbons (Fsp3) is 0.120. The van der Waals surface area contributed by atoms with Gasteiger partial charge < -0.3 is 26.7 Å². The number of likely N-dealkylation sites (N-methyl/N-ethyl adjacent to an activating group) is 1. The van der Waals surface area contributed by atoms with E-state index < -0.39 is 5.91 Å². The van der Waals surface area contributed by atoms with E-state index in [1.54, 1.807) is 42.6 Å². The second-order valence-electron chi connectivity index (χ2n) is 7.37. The lowest BCUT2D eigenvalue weighted by Gasteiger charge is -2.18. The van der Waals surface area contributed by atoms with Gasteiger partial charge in [0.15, 0.2) is 0 Å². The molecule has 1 aromatic carbocycles. The number of carbonyl (C=O) groups excluding carboxylic acids is 1. The van der Waals surface area contributed by atoms with E-state index in [4.69, 9.17) is 10.8 Å². The predicted molar refractivity (Wildman–Crippen MR) is 132 cm³/mol. The van der Waals surface area contributed by atoms with Crippen LogP contribution < -0.4 is 21.3 Å². The van der Waals surface area contributed by atoms with Crippen molar-refractivity contribution in [3.8, 4) is 0 Å². The van der Waals surface area contributed by atoms with Crippen molar-refractivity contribution in [2.75, 3.05) is 12.4 Å². The molecule has 174 valence electrons. The molecule has 1 aromatic heterocycles. The van der Waals surface area contributed by atoms with Gasteiger partial charge in [-0.1, -0.05) is 18.2 Å². The molecule has 1 aliphatic rings. The summed E-state index contributed by atoms with van der Waals surface area (Å²) in [5.74, 6) is -0.0547. The predicted octanol–water partition coefficient (Wildman–Crippen LogP) is 3.28. The molecule has 2 heterocycles. The SMILES string of the molecule is CNC(=O)/C(C=N)=C1C=C(/C(=C/C(=N)NCc2cccc(F)c2)Nc2cccc(C)n2)C=CN\1. The largest absolute Gasteiger partial charge is 0.366 e. The second kappa shape index (κ2) is 11.4. The maximum atomic E-state index is 13.5. The van der Waals surface area contributed by atoms with E-state index in [2.05, 4.69) is 26.3 Å². The normalized spacial score (nSPS) is 14.4. The number of aryl methyl sites for hydroxylation is 1. The Morgan fingerprint density at radius 1 is 1.24 bits per heavy atom. The van der Waals surface area contributed by atoms with Crippen molar-refractivity contribution in [1.82, 2.24) is 20.9 Å². The number of allylic oxidation sites excluding steroid dienone is 2. The molecule has 8 nitrogen and oxygen atoms in total. The number of benzene rings is 1. The van der Waals surface area contributed by atoms with Crippen LogP contribution in [0.3, 0.4) is 0 Å². The first-order valence-corrected chi connectivity index (χ1v) is 10.5. The summed E-state index contributed by atoms with van der Waals surface area (Å²) in [5, 5.41) is 27.7. The summed E-state index contributed by atoms with van der Waals surface area (Å²) in [7, 11) is 1.50. The van der Waals surface area contributed by atoms with Crippen LogP contribution in [0.2, 0.25) is 0 Å². The minimum atomic E-state index is -0.397. The first kappa shape index (κ1) is 24.1. The summed E-state index contributed by atoms with van der Waals surface area (Å²) in [5.41, 5.74) is 3.35. The molecule has 0 unspecified atom stereocenters. The number of hydrogen-bond donors (Lipinski definition) is 6. The smallest absolute Gasteiger partial charge is 0.254 e. The lowest BCUT2D eigenvalue weighted by molar-refractivity contribution is -0.116. The third kappa shape index (κ3) is 6.49. The fourth-order valence-corrected chi connectivity index (χ4v) is 3.17. The van der Waals surface area contributed by atoms with Gasteiger partial charge in [-0.3, -0.25) is 10.2 Å². The van der Waals surface area contributed by atoms with Crippen molar-refractivity contribution in [2.24, 2.45) is 0 Å². The van der Waals surface area contributed by atoms with Gasteiger partial charge in [0.2, 0.25) is 0 Å². The Bertz CT molecular complexity index is 1230. The molecule has 9 heteroatoms. The van der Waals surface area contributed by atoms with Crippen molar-refractivity contribution in [3.63, 3.8) is 0 Å². The van der Waals surface area contributed by atoms with Gasteiger partial charge in [-0.15, -0.1) is 0 Å². The molecule has 6 N–H and O–H groups in total. The topological polar surface area (TPSA) is 126 Å². The zero-order chi connectivity index (χ0) is 24.5. The Morgan fingerprint density at radius 2 is 2.03 bits per heavy atom. The van der Waals surface area contributed by atoms with E-state index in [9.17, 15) is 9.18 Å². The number of rotatable bonds is 8. The fourth-order valence-electron chi connectivity index (χ4n) is 3.17. The van der Waals surface area contributed by atoms with Crippen LogP contribution in [0.4, 0.5) is 10.2 Å². The lowest BCUT2D eigenvalue weighted by atomic mass is 10.0. The first-order chi connectivity index (χ1) is 16.4. The zero-order valence-electron chi connectivity index (χ0n) is 18.9. The summed E-state index contributed by atoms with van der Waals surface area (Å²) in [4.78, 5) is 16.6. The van der Waals surface area contributed by atoms with Gasteiger partial charge in [0.25, 0.3) is 5.91 Å². The molecule has 0 saturated heterocycles. The molecular weight excluding hydrogens is 433 g/mol. The van der Waals surface area contributed by atoms with Crippen LogP contribution in [0.15, 0.2) is 89.4 Å². The molecule has 0 fully saturated rings. The van der Waals surface area contributed by atoms with Gasteiger partial charge in [0.05, 0.1) is 17.0 Å². The average molecular weight is 460 g/mol. The number of carbonyl (C=O) groups is 1. The number of aromatic nitrogens is 1. The van der Waals surface area contributed by atoms with Gasteiger partial charge >= 0.3 is 0 Å². The minimum absolute atomic E-state index is 0.0938. The quantitative estimate of drug-likeness (QED) is 0.205. The monoisotopic (exact) mass is 459 g/mol. The molecular formula is C25H26FN7O. The Labute approximate surface area is 197 Å². The van der Waals surface area contributed by atoms with E-state index in [0.717, 1.165) is 11.9 Å². The van der Waals surface area contributed by atoms with Crippen molar-refractivity contribution < 1.29 is 9.18 Å². The summed E-state index contributed by atoms with van der Waals surface area (Å²) in [6, 6.07) is 11.7. The third-order valence-corrected chi connectivity index (χ3v) is 4.83. The average Bonchev–Trinajstić information content (AvgIpc) is 2.83. The molecule has 1 amide bonds. The number of nitrogens with one attached hydrogen (secondary N) is 6. The van der Waals surface area contributed by atoms with Crippen LogP contribution in [-0.4, -0.2) is 30.0 Å². The van der Waals surface area contributed by atoms with Crippen LogP contribution in [-0.2, 0) is 11.3 Å². The number of amides is 1. The Balaban J connectivity index is 1.93. The third-order valence-electron chi connectivity index (χ3n) is 4.83. The maximum absolute atomic E-state index is 13.5. The Hall–Kier alpha value is -4.53. The van der Waals surface area contributed by atoms with Crippen LogP contribution in [0.1, 0.15) is 11.3 Å². The van der Waals surface area contributed by atoms with E-state index in [0.29, 0.717) is 28.3 Å². The molecule has 1 aliphatic heterocycles. The van der Waals surface area contributed by atoms with Crippen molar-refractivity contribution >= 4 is 23.8 Å².